The summed E-state index contributed by atoms with van der Waals surface area (Å²) in [4.78, 5) is 21.3. The Morgan fingerprint density at radius 1 is 1.16 bits per heavy atom. The topological polar surface area (TPSA) is 81.4 Å². The molecule has 3 heterocycles. The van der Waals surface area contributed by atoms with Crippen LogP contribution in [-0.4, -0.2) is 32.6 Å². The van der Waals surface area contributed by atoms with Crippen molar-refractivity contribution in [2.24, 2.45) is 0 Å². The molecule has 7 nitrogen and oxygen atoms in total. The number of nitrogens with zero attached hydrogens (tertiary/aromatic N) is 4. The van der Waals surface area contributed by atoms with Crippen LogP contribution in [0.4, 0.5) is 18.9 Å². The molecule has 0 aliphatic rings. The van der Waals surface area contributed by atoms with Crippen molar-refractivity contribution in [1.82, 2.24) is 19.6 Å². The maximum atomic E-state index is 13.4. The monoisotopic (exact) mass is 427 g/mol. The van der Waals surface area contributed by atoms with Crippen LogP contribution in [0.1, 0.15) is 21.6 Å². The van der Waals surface area contributed by atoms with Gasteiger partial charge in [0.25, 0.3) is 5.91 Å². The van der Waals surface area contributed by atoms with E-state index >= 15 is 0 Å². The number of fused-ring (bicyclic) bond motifs is 1. The lowest BCUT2D eigenvalue weighted by Gasteiger charge is -2.12. The van der Waals surface area contributed by atoms with Crippen molar-refractivity contribution < 1.29 is 22.7 Å². The van der Waals surface area contributed by atoms with Crippen molar-refractivity contribution in [1.29, 1.82) is 0 Å². The molecule has 10 heteroatoms. The highest BCUT2D eigenvalue weighted by molar-refractivity contribution is 6.09. The van der Waals surface area contributed by atoms with Crippen molar-refractivity contribution in [3.05, 3.63) is 71.7 Å². The van der Waals surface area contributed by atoms with Gasteiger partial charge >= 0.3 is 6.18 Å². The van der Waals surface area contributed by atoms with E-state index in [1.54, 1.807) is 13.0 Å². The molecule has 0 radical (unpaired) electrons. The largest absolute Gasteiger partial charge is 0.481 e. The van der Waals surface area contributed by atoms with Crippen LogP contribution >= 0.6 is 0 Å². The van der Waals surface area contributed by atoms with Crippen molar-refractivity contribution in [2.75, 3.05) is 12.4 Å². The van der Waals surface area contributed by atoms with Gasteiger partial charge < -0.3 is 10.1 Å². The molecular weight excluding hydrogens is 411 g/mol. The standard InChI is InChI=1S/C21H16F3N5O2/c1-12-18(20(30)26-13-7-9-25-17(11-13)31-2)19-27-16(8-10-29(19)28-12)14-5-3-4-6-15(14)21(22,23)24/h3-11H,1-2H3,(H,25,26,30). The Labute approximate surface area is 174 Å². The Kier molecular flexibility index (Phi) is 5.05. The first-order chi connectivity index (χ1) is 14.8. The first-order valence-corrected chi connectivity index (χ1v) is 9.12. The van der Waals surface area contributed by atoms with Gasteiger partial charge in [-0.1, -0.05) is 18.2 Å². The van der Waals surface area contributed by atoms with E-state index in [4.69, 9.17) is 4.74 Å². The first-order valence-electron chi connectivity index (χ1n) is 9.12. The Balaban J connectivity index is 1.78. The van der Waals surface area contributed by atoms with Gasteiger partial charge in [-0.25, -0.2) is 14.5 Å². The van der Waals surface area contributed by atoms with Crippen LogP contribution < -0.4 is 10.1 Å². The van der Waals surface area contributed by atoms with E-state index in [2.05, 4.69) is 20.4 Å². The third-order valence-corrected chi connectivity index (χ3v) is 4.60. The fourth-order valence-electron chi connectivity index (χ4n) is 3.20. The number of hydrogen-bond acceptors (Lipinski definition) is 5. The molecule has 0 bridgehead atoms. The maximum Gasteiger partial charge on any atom is 0.417 e. The smallest absolute Gasteiger partial charge is 0.417 e. The van der Waals surface area contributed by atoms with Crippen LogP contribution in [0.5, 0.6) is 5.88 Å². The van der Waals surface area contributed by atoms with E-state index in [-0.39, 0.29) is 22.5 Å². The van der Waals surface area contributed by atoms with Gasteiger partial charge in [-0.15, -0.1) is 0 Å². The lowest BCUT2D eigenvalue weighted by atomic mass is 10.0. The molecule has 1 amide bonds. The molecule has 1 N–H and O–H groups in total. The lowest BCUT2D eigenvalue weighted by molar-refractivity contribution is -0.137. The number of benzene rings is 1. The Hall–Kier alpha value is -3.95. The first kappa shape index (κ1) is 20.3. The Morgan fingerprint density at radius 3 is 2.68 bits per heavy atom. The number of carbonyl (C=O) groups is 1. The number of amides is 1. The number of halogens is 3. The molecule has 31 heavy (non-hydrogen) atoms. The quantitative estimate of drug-likeness (QED) is 0.523. The molecule has 0 atom stereocenters. The Morgan fingerprint density at radius 2 is 1.94 bits per heavy atom. The molecule has 3 aromatic heterocycles. The summed E-state index contributed by atoms with van der Waals surface area (Å²) in [5.74, 6) is -0.187. The molecule has 0 spiro atoms. The summed E-state index contributed by atoms with van der Waals surface area (Å²) < 4.78 is 46.7. The van der Waals surface area contributed by atoms with Gasteiger partial charge in [0, 0.05) is 29.7 Å². The highest BCUT2D eigenvalue weighted by Crippen LogP contribution is 2.36. The SMILES string of the molecule is COc1cc(NC(=O)c2c(C)nn3ccc(-c4ccccc4C(F)(F)F)nc23)ccn1. The molecule has 158 valence electrons. The number of rotatable bonds is 4. The molecule has 0 aliphatic heterocycles. The minimum absolute atomic E-state index is 0.0819. The fourth-order valence-corrected chi connectivity index (χ4v) is 3.20. The van der Waals surface area contributed by atoms with E-state index in [0.29, 0.717) is 17.3 Å². The van der Waals surface area contributed by atoms with Crippen LogP contribution in [0.25, 0.3) is 16.9 Å². The second-order valence-electron chi connectivity index (χ2n) is 6.63. The molecule has 0 fully saturated rings. The molecule has 4 aromatic rings. The van der Waals surface area contributed by atoms with Crippen molar-refractivity contribution >= 4 is 17.2 Å². The second kappa shape index (κ2) is 7.71. The number of ether oxygens (including phenoxy) is 1. The highest BCUT2D eigenvalue weighted by atomic mass is 19.4. The van der Waals surface area contributed by atoms with Crippen LogP contribution in [0.15, 0.2) is 54.9 Å². The number of alkyl halides is 3. The predicted molar refractivity (Wildman–Crippen MR) is 107 cm³/mol. The van der Waals surface area contributed by atoms with Crippen molar-refractivity contribution in [3.8, 4) is 17.1 Å². The van der Waals surface area contributed by atoms with Gasteiger partial charge in [0.05, 0.1) is 24.1 Å². The summed E-state index contributed by atoms with van der Waals surface area (Å²) in [5.41, 5.74) is 0.313. The van der Waals surface area contributed by atoms with E-state index in [0.717, 1.165) is 6.07 Å². The number of pyridine rings is 1. The number of nitrogens with one attached hydrogen (secondary N) is 1. The average Bonchev–Trinajstić information content (AvgIpc) is 3.08. The second-order valence-corrected chi connectivity index (χ2v) is 6.63. The number of anilines is 1. The molecule has 0 aliphatic carbocycles. The molecule has 0 unspecified atom stereocenters. The molecule has 0 saturated heterocycles. The molecular formula is C21H16F3N5O2. The summed E-state index contributed by atoms with van der Waals surface area (Å²) in [6.07, 6.45) is -1.59. The summed E-state index contributed by atoms with van der Waals surface area (Å²) in [5, 5.41) is 6.96. The zero-order valence-electron chi connectivity index (χ0n) is 16.4. The number of carbonyl (C=O) groups excluding carboxylic acids is 1. The van der Waals surface area contributed by atoms with E-state index in [1.165, 1.54) is 54.4 Å². The van der Waals surface area contributed by atoms with Gasteiger partial charge in [-0.05, 0) is 25.1 Å². The molecule has 0 saturated carbocycles. The van der Waals surface area contributed by atoms with E-state index < -0.39 is 17.6 Å². The third-order valence-electron chi connectivity index (χ3n) is 4.60. The average molecular weight is 427 g/mol. The summed E-state index contributed by atoms with van der Waals surface area (Å²) in [7, 11) is 1.45. The number of methoxy groups -OCH3 is 1. The van der Waals surface area contributed by atoms with Crippen molar-refractivity contribution in [2.45, 2.75) is 13.1 Å². The number of aromatic nitrogens is 4. The predicted octanol–water partition coefficient (Wildman–Crippen LogP) is 4.38. The summed E-state index contributed by atoms with van der Waals surface area (Å²) in [6.45, 7) is 1.63. The van der Waals surface area contributed by atoms with Gasteiger partial charge in [0.1, 0.15) is 5.56 Å². The minimum atomic E-state index is -4.54. The van der Waals surface area contributed by atoms with Gasteiger partial charge in [-0.2, -0.15) is 18.3 Å². The maximum absolute atomic E-state index is 13.4. The zero-order valence-corrected chi connectivity index (χ0v) is 16.4. The molecule has 1 aromatic carbocycles. The Bertz CT molecular complexity index is 1280. The minimum Gasteiger partial charge on any atom is -0.481 e. The summed E-state index contributed by atoms with van der Waals surface area (Å²) >= 11 is 0. The highest BCUT2D eigenvalue weighted by Gasteiger charge is 2.33. The van der Waals surface area contributed by atoms with Gasteiger partial charge in [0.2, 0.25) is 5.88 Å². The zero-order chi connectivity index (χ0) is 22.2. The summed E-state index contributed by atoms with van der Waals surface area (Å²) in [6, 6.07) is 9.70. The van der Waals surface area contributed by atoms with E-state index in [9.17, 15) is 18.0 Å². The normalized spacial score (nSPS) is 11.5. The van der Waals surface area contributed by atoms with Crippen LogP contribution in [0.3, 0.4) is 0 Å². The lowest BCUT2D eigenvalue weighted by Crippen LogP contribution is -2.13. The van der Waals surface area contributed by atoms with E-state index in [1.807, 2.05) is 0 Å². The number of aryl methyl sites for hydroxylation is 1. The van der Waals surface area contributed by atoms with Gasteiger partial charge in [-0.3, -0.25) is 4.79 Å². The van der Waals surface area contributed by atoms with Crippen LogP contribution in [-0.2, 0) is 6.18 Å². The third kappa shape index (κ3) is 3.91. The van der Waals surface area contributed by atoms with Crippen LogP contribution in [0.2, 0.25) is 0 Å². The molecule has 4 rings (SSSR count). The fraction of sp³-hybridized carbons (Fsp3) is 0.143. The van der Waals surface area contributed by atoms with Crippen LogP contribution in [0, 0.1) is 6.92 Å². The van der Waals surface area contributed by atoms with Crippen molar-refractivity contribution in [3.63, 3.8) is 0 Å². The number of hydrogen-bond donors (Lipinski definition) is 1. The van der Waals surface area contributed by atoms with Gasteiger partial charge in [0.15, 0.2) is 5.65 Å².